The topological polar surface area (TPSA) is 83.6 Å². The molecule has 1 atom stereocenters. The van der Waals surface area contributed by atoms with E-state index in [0.717, 1.165) is 29.7 Å². The number of sulfonamides is 2. The molecule has 26 heavy (non-hydrogen) atoms. The molecular formula is C15H19F3N2O4S2. The zero-order valence-corrected chi connectivity index (χ0v) is 15.4. The van der Waals surface area contributed by atoms with Gasteiger partial charge in [-0.3, -0.25) is 0 Å². The van der Waals surface area contributed by atoms with E-state index >= 15 is 0 Å². The average Bonchev–Trinajstić information content (AvgIpc) is 2.60. The molecular weight excluding hydrogens is 393 g/mol. The Labute approximate surface area is 150 Å². The van der Waals surface area contributed by atoms with Gasteiger partial charge in [0.2, 0.25) is 20.0 Å². The fourth-order valence-corrected chi connectivity index (χ4v) is 4.81. The Morgan fingerprint density at radius 2 is 1.81 bits per heavy atom. The van der Waals surface area contributed by atoms with Crippen molar-refractivity contribution in [2.75, 3.05) is 19.6 Å². The van der Waals surface area contributed by atoms with Gasteiger partial charge in [0.1, 0.15) is 0 Å². The molecule has 0 radical (unpaired) electrons. The summed E-state index contributed by atoms with van der Waals surface area (Å²) in [5, 5.41) is 0.770. The molecule has 146 valence electrons. The molecule has 1 aromatic rings. The van der Waals surface area contributed by atoms with E-state index in [1.165, 1.54) is 4.31 Å². The molecule has 0 saturated carbocycles. The summed E-state index contributed by atoms with van der Waals surface area (Å²) < 4.78 is 89.4. The second-order valence-corrected chi connectivity index (χ2v) is 9.60. The zero-order valence-electron chi connectivity index (χ0n) is 13.7. The molecule has 1 N–H and O–H groups in total. The fourth-order valence-electron chi connectivity index (χ4n) is 2.67. The van der Waals surface area contributed by atoms with E-state index in [4.69, 9.17) is 0 Å². The Bertz CT molecular complexity index is 850. The molecule has 1 aliphatic heterocycles. The largest absolute Gasteiger partial charge is 0.416 e. The van der Waals surface area contributed by atoms with Gasteiger partial charge in [-0.25, -0.2) is 21.6 Å². The van der Waals surface area contributed by atoms with Crippen LogP contribution in [0.4, 0.5) is 13.2 Å². The summed E-state index contributed by atoms with van der Waals surface area (Å²) in [5.41, 5.74) is -0.924. The van der Waals surface area contributed by atoms with Crippen LogP contribution in [-0.2, 0) is 26.2 Å². The van der Waals surface area contributed by atoms with Crippen LogP contribution in [0.3, 0.4) is 0 Å². The van der Waals surface area contributed by atoms with Crippen molar-refractivity contribution < 1.29 is 30.0 Å². The van der Waals surface area contributed by atoms with Crippen molar-refractivity contribution >= 4 is 20.0 Å². The minimum Gasteiger partial charge on any atom is -0.211 e. The maximum atomic E-state index is 12.6. The number of alkyl halides is 3. The van der Waals surface area contributed by atoms with Crippen LogP contribution in [0.2, 0.25) is 0 Å². The summed E-state index contributed by atoms with van der Waals surface area (Å²) in [4.78, 5) is -0.224. The molecule has 0 amide bonds. The van der Waals surface area contributed by atoms with Gasteiger partial charge in [-0.2, -0.15) is 17.5 Å². The van der Waals surface area contributed by atoms with Gasteiger partial charge in [-0.1, -0.05) is 6.58 Å². The number of rotatable bonds is 6. The molecule has 1 fully saturated rings. The summed E-state index contributed by atoms with van der Waals surface area (Å²) in [6, 6.07) is 3.32. The van der Waals surface area contributed by atoms with E-state index in [9.17, 15) is 30.0 Å². The van der Waals surface area contributed by atoms with Crippen LogP contribution in [0.15, 0.2) is 41.1 Å². The van der Waals surface area contributed by atoms with Crippen molar-refractivity contribution in [3.63, 3.8) is 0 Å². The third-order valence-electron chi connectivity index (χ3n) is 4.09. The lowest BCUT2D eigenvalue weighted by atomic mass is 10.0. The Morgan fingerprint density at radius 1 is 1.19 bits per heavy atom. The number of hydrogen-bond acceptors (Lipinski definition) is 4. The van der Waals surface area contributed by atoms with E-state index in [-0.39, 0.29) is 30.4 Å². The highest BCUT2D eigenvalue weighted by molar-refractivity contribution is 7.92. The van der Waals surface area contributed by atoms with E-state index in [1.807, 2.05) is 0 Å². The SMILES string of the molecule is C=CS(=O)(=O)NCC1CCCN(S(=O)(=O)c2ccc(C(F)(F)F)cc2)C1. The molecule has 0 aliphatic carbocycles. The minimum absolute atomic E-state index is 0.0629. The maximum Gasteiger partial charge on any atom is 0.416 e. The molecule has 1 unspecified atom stereocenters. The van der Waals surface area contributed by atoms with Crippen molar-refractivity contribution in [2.45, 2.75) is 23.9 Å². The van der Waals surface area contributed by atoms with E-state index in [2.05, 4.69) is 11.3 Å². The molecule has 0 spiro atoms. The summed E-state index contributed by atoms with van der Waals surface area (Å²) >= 11 is 0. The summed E-state index contributed by atoms with van der Waals surface area (Å²) in [5.74, 6) is -0.234. The lowest BCUT2D eigenvalue weighted by molar-refractivity contribution is -0.137. The van der Waals surface area contributed by atoms with Gasteiger partial charge < -0.3 is 0 Å². The molecule has 6 nitrogen and oxygen atoms in total. The number of benzene rings is 1. The number of halogens is 3. The first-order valence-corrected chi connectivity index (χ1v) is 10.7. The summed E-state index contributed by atoms with van der Waals surface area (Å²) in [6.07, 6.45) is -3.38. The average molecular weight is 412 g/mol. The summed E-state index contributed by atoms with van der Waals surface area (Å²) in [6.45, 7) is 3.56. The highest BCUT2D eigenvalue weighted by Crippen LogP contribution is 2.31. The monoisotopic (exact) mass is 412 g/mol. The third kappa shape index (κ3) is 5.06. The van der Waals surface area contributed by atoms with Gasteiger partial charge in [0, 0.05) is 25.0 Å². The number of piperidine rings is 1. The van der Waals surface area contributed by atoms with E-state index < -0.39 is 31.8 Å². The van der Waals surface area contributed by atoms with Gasteiger partial charge in [0.05, 0.1) is 10.5 Å². The van der Waals surface area contributed by atoms with Crippen molar-refractivity contribution in [3.05, 3.63) is 41.8 Å². The standard InChI is InChI=1S/C15H19F3N2O4S2/c1-2-25(21,22)19-10-12-4-3-9-20(11-12)26(23,24)14-7-5-13(6-8-14)15(16,17)18/h2,5-8,12,19H,1,3-4,9-11H2. The van der Waals surface area contributed by atoms with Gasteiger partial charge in [0.15, 0.2) is 0 Å². The highest BCUT2D eigenvalue weighted by atomic mass is 32.2. The second-order valence-electron chi connectivity index (χ2n) is 5.95. The maximum absolute atomic E-state index is 12.6. The number of nitrogens with zero attached hydrogens (tertiary/aromatic N) is 1. The van der Waals surface area contributed by atoms with Crippen LogP contribution in [-0.4, -0.2) is 40.8 Å². The lowest BCUT2D eigenvalue weighted by Crippen LogP contribution is -2.43. The zero-order chi connectivity index (χ0) is 19.6. The predicted molar refractivity (Wildman–Crippen MR) is 90.0 cm³/mol. The summed E-state index contributed by atoms with van der Waals surface area (Å²) in [7, 11) is -7.55. The Hall–Kier alpha value is -1.43. The molecule has 2 rings (SSSR count). The molecule has 0 aromatic heterocycles. The van der Waals surface area contributed by atoms with Crippen LogP contribution in [0.5, 0.6) is 0 Å². The number of nitrogens with one attached hydrogen (secondary N) is 1. The Morgan fingerprint density at radius 3 is 2.35 bits per heavy atom. The first-order chi connectivity index (χ1) is 12.0. The predicted octanol–water partition coefficient (Wildman–Crippen LogP) is 2.17. The molecule has 0 bridgehead atoms. The van der Waals surface area contributed by atoms with Crippen molar-refractivity contribution in [1.82, 2.24) is 9.03 Å². The van der Waals surface area contributed by atoms with Crippen LogP contribution in [0.1, 0.15) is 18.4 Å². The normalized spacial score (nSPS) is 20.0. The first-order valence-electron chi connectivity index (χ1n) is 7.75. The second kappa shape index (κ2) is 7.67. The van der Waals surface area contributed by atoms with Gasteiger partial charge >= 0.3 is 6.18 Å². The van der Waals surface area contributed by atoms with Crippen molar-refractivity contribution in [3.8, 4) is 0 Å². The van der Waals surface area contributed by atoms with Crippen molar-refractivity contribution in [1.29, 1.82) is 0 Å². The molecule has 1 aliphatic rings. The Balaban J connectivity index is 2.12. The molecule has 11 heteroatoms. The highest BCUT2D eigenvalue weighted by Gasteiger charge is 2.33. The van der Waals surface area contributed by atoms with E-state index in [0.29, 0.717) is 12.8 Å². The molecule has 1 saturated heterocycles. The fraction of sp³-hybridized carbons (Fsp3) is 0.467. The lowest BCUT2D eigenvalue weighted by Gasteiger charge is -2.32. The van der Waals surface area contributed by atoms with Gasteiger partial charge in [0.25, 0.3) is 0 Å². The molecule has 1 aromatic carbocycles. The van der Waals surface area contributed by atoms with Gasteiger partial charge in [-0.05, 0) is 43.0 Å². The van der Waals surface area contributed by atoms with E-state index in [1.54, 1.807) is 0 Å². The first kappa shape index (κ1) is 20.9. The van der Waals surface area contributed by atoms with Crippen LogP contribution < -0.4 is 4.72 Å². The van der Waals surface area contributed by atoms with Crippen molar-refractivity contribution in [2.24, 2.45) is 5.92 Å². The van der Waals surface area contributed by atoms with Gasteiger partial charge in [-0.15, -0.1) is 0 Å². The number of hydrogen-bond donors (Lipinski definition) is 1. The quantitative estimate of drug-likeness (QED) is 0.776. The molecule has 1 heterocycles. The third-order valence-corrected chi connectivity index (χ3v) is 6.98. The Kier molecular flexibility index (Phi) is 6.16. The van der Waals surface area contributed by atoms with Crippen LogP contribution in [0, 0.1) is 5.92 Å². The minimum atomic E-state index is -4.54. The smallest absolute Gasteiger partial charge is 0.211 e. The van der Waals surface area contributed by atoms with Crippen LogP contribution >= 0.6 is 0 Å². The van der Waals surface area contributed by atoms with Crippen LogP contribution in [0.25, 0.3) is 0 Å².